The molecule has 136 valence electrons. The van der Waals surface area contributed by atoms with Gasteiger partial charge >= 0.3 is 5.69 Å². The van der Waals surface area contributed by atoms with Gasteiger partial charge in [-0.1, -0.05) is 36.4 Å². The van der Waals surface area contributed by atoms with Gasteiger partial charge in [-0.15, -0.1) is 23.1 Å². The van der Waals surface area contributed by atoms with Crippen LogP contribution in [0, 0.1) is 0 Å². The first kappa shape index (κ1) is 17.7. The summed E-state index contributed by atoms with van der Waals surface area (Å²) < 4.78 is 2.51. The van der Waals surface area contributed by atoms with Gasteiger partial charge in [-0.3, -0.25) is 13.9 Å². The number of thioether (sulfide) groups is 1. The minimum Gasteiger partial charge on any atom is -0.280 e. The van der Waals surface area contributed by atoms with E-state index in [9.17, 15) is 9.59 Å². The summed E-state index contributed by atoms with van der Waals surface area (Å²) in [5.74, 6) is 1.19. The van der Waals surface area contributed by atoms with Crippen molar-refractivity contribution in [2.24, 2.45) is 14.1 Å². The molecule has 0 aliphatic heterocycles. The molecule has 1 aromatic carbocycles. The lowest BCUT2D eigenvalue weighted by Crippen LogP contribution is -2.37. The number of benzene rings is 1. The number of hydrogen-bond acceptors (Lipinski definition) is 6. The molecule has 0 radical (unpaired) electrons. The largest absolute Gasteiger partial charge is 0.332 e. The van der Waals surface area contributed by atoms with Crippen molar-refractivity contribution in [2.75, 3.05) is 0 Å². The van der Waals surface area contributed by atoms with Gasteiger partial charge in [-0.05, 0) is 17.0 Å². The van der Waals surface area contributed by atoms with E-state index in [4.69, 9.17) is 0 Å². The molecular weight excluding hydrogens is 380 g/mol. The van der Waals surface area contributed by atoms with E-state index in [2.05, 4.69) is 9.97 Å². The molecule has 27 heavy (non-hydrogen) atoms. The number of aryl methyl sites for hydroxylation is 1. The van der Waals surface area contributed by atoms with Crippen LogP contribution in [0.5, 0.6) is 0 Å². The SMILES string of the molecule is Cn1c(=O)c2c(SCc3ccccc3)nc(-c3cccs3)nc2n(C)c1=O. The van der Waals surface area contributed by atoms with Crippen LogP contribution in [0.4, 0.5) is 0 Å². The van der Waals surface area contributed by atoms with Crippen molar-refractivity contribution in [1.82, 2.24) is 19.1 Å². The van der Waals surface area contributed by atoms with Crippen LogP contribution < -0.4 is 11.2 Å². The Morgan fingerprint density at radius 3 is 2.48 bits per heavy atom. The summed E-state index contributed by atoms with van der Waals surface area (Å²) in [7, 11) is 3.10. The van der Waals surface area contributed by atoms with Crippen molar-refractivity contribution in [3.05, 3.63) is 74.2 Å². The second-order valence-corrected chi connectivity index (χ2v) is 7.92. The first-order valence-electron chi connectivity index (χ1n) is 8.24. The quantitative estimate of drug-likeness (QED) is 0.392. The molecule has 0 aliphatic rings. The Hall–Kier alpha value is -2.71. The summed E-state index contributed by atoms with van der Waals surface area (Å²) in [4.78, 5) is 35.2. The molecule has 0 fully saturated rings. The fourth-order valence-corrected chi connectivity index (χ4v) is 4.40. The van der Waals surface area contributed by atoms with Crippen LogP contribution in [0.25, 0.3) is 21.7 Å². The van der Waals surface area contributed by atoms with Gasteiger partial charge in [-0.25, -0.2) is 14.8 Å². The van der Waals surface area contributed by atoms with Crippen molar-refractivity contribution in [1.29, 1.82) is 0 Å². The lowest BCUT2D eigenvalue weighted by molar-refractivity contribution is 0.703. The van der Waals surface area contributed by atoms with E-state index in [-0.39, 0.29) is 5.56 Å². The Bertz CT molecular complexity index is 1230. The highest BCUT2D eigenvalue weighted by Crippen LogP contribution is 2.29. The molecule has 3 aromatic heterocycles. The fourth-order valence-electron chi connectivity index (χ4n) is 2.78. The number of fused-ring (bicyclic) bond motifs is 1. The summed E-state index contributed by atoms with van der Waals surface area (Å²) >= 11 is 3.00. The van der Waals surface area contributed by atoms with Crippen LogP contribution in [-0.4, -0.2) is 19.1 Å². The summed E-state index contributed by atoms with van der Waals surface area (Å²) in [6.07, 6.45) is 0. The third kappa shape index (κ3) is 3.22. The number of nitrogens with zero attached hydrogens (tertiary/aromatic N) is 4. The second kappa shape index (κ2) is 7.13. The first-order chi connectivity index (χ1) is 13.1. The number of aromatic nitrogens is 4. The van der Waals surface area contributed by atoms with E-state index in [0.29, 0.717) is 27.6 Å². The summed E-state index contributed by atoms with van der Waals surface area (Å²) in [5, 5.41) is 2.91. The fraction of sp³-hybridized carbons (Fsp3) is 0.158. The smallest absolute Gasteiger partial charge is 0.280 e. The summed E-state index contributed by atoms with van der Waals surface area (Å²) in [6.45, 7) is 0. The highest BCUT2D eigenvalue weighted by atomic mass is 32.2. The van der Waals surface area contributed by atoms with Crippen LogP contribution in [-0.2, 0) is 19.8 Å². The standard InChI is InChI=1S/C19H16N4O2S2/c1-22-16-14(18(24)23(2)19(22)25)17(27-11-12-7-4-3-5-8-12)21-15(20-16)13-9-6-10-26-13/h3-10H,11H2,1-2H3. The minimum atomic E-state index is -0.401. The molecule has 0 bridgehead atoms. The van der Waals surface area contributed by atoms with Gasteiger partial charge in [0.2, 0.25) is 0 Å². The zero-order valence-corrected chi connectivity index (χ0v) is 16.4. The predicted octanol–water partition coefficient (Wildman–Crippen LogP) is 3.05. The Balaban J connectivity index is 1.94. The van der Waals surface area contributed by atoms with Gasteiger partial charge in [-0.2, -0.15) is 0 Å². The van der Waals surface area contributed by atoms with E-state index < -0.39 is 5.69 Å². The monoisotopic (exact) mass is 396 g/mol. The number of hydrogen-bond donors (Lipinski definition) is 0. The van der Waals surface area contributed by atoms with Gasteiger partial charge in [0.15, 0.2) is 11.5 Å². The molecule has 0 saturated carbocycles. The molecule has 0 amide bonds. The minimum absolute atomic E-state index is 0.358. The average molecular weight is 396 g/mol. The number of rotatable bonds is 4. The third-order valence-electron chi connectivity index (χ3n) is 4.23. The molecule has 3 heterocycles. The lowest BCUT2D eigenvalue weighted by Gasteiger charge is -2.11. The number of thiophene rings is 1. The average Bonchev–Trinajstić information content (AvgIpc) is 3.24. The highest BCUT2D eigenvalue weighted by molar-refractivity contribution is 7.98. The van der Waals surface area contributed by atoms with Crippen LogP contribution in [0.3, 0.4) is 0 Å². The molecule has 0 spiro atoms. The second-order valence-electron chi connectivity index (χ2n) is 6.01. The maximum atomic E-state index is 12.8. The molecule has 8 heteroatoms. The van der Waals surface area contributed by atoms with Crippen molar-refractivity contribution in [3.63, 3.8) is 0 Å². The van der Waals surface area contributed by atoms with E-state index in [1.807, 2.05) is 47.8 Å². The van der Waals surface area contributed by atoms with Crippen LogP contribution in [0.15, 0.2) is 62.5 Å². The Kier molecular flexibility index (Phi) is 4.67. The maximum absolute atomic E-state index is 12.8. The third-order valence-corrected chi connectivity index (χ3v) is 6.14. The molecule has 4 aromatic rings. The van der Waals surface area contributed by atoms with Crippen molar-refractivity contribution < 1.29 is 0 Å². The molecule has 6 nitrogen and oxygen atoms in total. The van der Waals surface area contributed by atoms with Crippen molar-refractivity contribution in [2.45, 2.75) is 10.8 Å². The van der Waals surface area contributed by atoms with Crippen molar-refractivity contribution >= 4 is 34.1 Å². The molecule has 0 unspecified atom stereocenters. The molecule has 4 rings (SSSR count). The van der Waals surface area contributed by atoms with Gasteiger partial charge < -0.3 is 0 Å². The van der Waals surface area contributed by atoms with Crippen LogP contribution in [0.2, 0.25) is 0 Å². The van der Waals surface area contributed by atoms with Gasteiger partial charge in [0.05, 0.1) is 4.88 Å². The van der Waals surface area contributed by atoms with Crippen LogP contribution >= 0.6 is 23.1 Å². The Morgan fingerprint density at radius 1 is 1.00 bits per heavy atom. The van der Waals surface area contributed by atoms with E-state index >= 15 is 0 Å². The molecular formula is C19H16N4O2S2. The first-order valence-corrected chi connectivity index (χ1v) is 10.1. The van der Waals surface area contributed by atoms with Gasteiger partial charge in [0.25, 0.3) is 5.56 Å². The maximum Gasteiger partial charge on any atom is 0.332 e. The zero-order valence-electron chi connectivity index (χ0n) is 14.7. The molecule has 0 saturated heterocycles. The van der Waals surface area contributed by atoms with E-state index in [1.54, 1.807) is 7.05 Å². The van der Waals surface area contributed by atoms with E-state index in [0.717, 1.165) is 15.0 Å². The normalized spacial score (nSPS) is 11.2. The van der Waals surface area contributed by atoms with Crippen LogP contribution in [0.1, 0.15) is 5.56 Å². The Morgan fingerprint density at radius 2 is 1.78 bits per heavy atom. The summed E-state index contributed by atoms with van der Waals surface area (Å²) in [5.41, 5.74) is 0.717. The van der Waals surface area contributed by atoms with Gasteiger partial charge in [0.1, 0.15) is 10.4 Å². The summed E-state index contributed by atoms with van der Waals surface area (Å²) in [6, 6.07) is 13.8. The molecule has 0 N–H and O–H groups in total. The zero-order chi connectivity index (χ0) is 19.0. The van der Waals surface area contributed by atoms with Crippen molar-refractivity contribution in [3.8, 4) is 10.7 Å². The predicted molar refractivity (Wildman–Crippen MR) is 109 cm³/mol. The Labute approximate surface area is 163 Å². The topological polar surface area (TPSA) is 69.8 Å². The van der Waals surface area contributed by atoms with E-state index in [1.165, 1.54) is 34.7 Å². The molecule has 0 atom stereocenters. The lowest BCUT2D eigenvalue weighted by atomic mass is 10.2. The highest BCUT2D eigenvalue weighted by Gasteiger charge is 2.18. The molecule has 0 aliphatic carbocycles. The van der Waals surface area contributed by atoms with Gasteiger partial charge in [0, 0.05) is 19.8 Å².